The Bertz CT molecular complexity index is 356. The van der Waals surface area contributed by atoms with Crippen LogP contribution in [-0.2, 0) is 0 Å². The third kappa shape index (κ3) is 3.00. The Morgan fingerprint density at radius 3 is 2.69 bits per heavy atom. The molecule has 1 N–H and O–H groups in total. The number of anilines is 1. The fraction of sp³-hybridized carbons (Fsp3) is 0.769. The summed E-state index contributed by atoms with van der Waals surface area (Å²) in [5, 5.41) is 3.46. The van der Waals surface area contributed by atoms with Crippen molar-refractivity contribution in [3.05, 3.63) is 11.9 Å². The van der Waals surface area contributed by atoms with Gasteiger partial charge in [0.05, 0.1) is 5.69 Å². The maximum absolute atomic E-state index is 4.54. The van der Waals surface area contributed by atoms with E-state index in [1.807, 2.05) is 0 Å². The molecule has 1 aromatic rings. The first-order valence-electron chi connectivity index (χ1n) is 6.25. The van der Waals surface area contributed by atoms with Crippen LogP contribution < -0.4 is 5.32 Å². The van der Waals surface area contributed by atoms with Crippen LogP contribution in [0.25, 0.3) is 0 Å². The monoisotopic (exact) mass is 221 g/mol. The largest absolute Gasteiger partial charge is 0.356 e. The first-order valence-corrected chi connectivity index (χ1v) is 6.25. The highest BCUT2D eigenvalue weighted by Crippen LogP contribution is 2.37. The van der Waals surface area contributed by atoms with E-state index in [0.29, 0.717) is 11.5 Å². The van der Waals surface area contributed by atoms with Crippen LogP contribution in [0.3, 0.4) is 0 Å². The standard InChI is InChI=1S/C13H23N3/c1-10-9-16(11-5-6-11)12(15-10)14-8-7-13(2,3)4/h9,11H,5-8H2,1-4H3,(H,14,15). The van der Waals surface area contributed by atoms with Crippen LogP contribution >= 0.6 is 0 Å². The topological polar surface area (TPSA) is 29.9 Å². The second-order valence-electron chi connectivity index (χ2n) is 6.08. The molecule has 1 fully saturated rings. The van der Waals surface area contributed by atoms with Crippen molar-refractivity contribution < 1.29 is 0 Å². The van der Waals surface area contributed by atoms with Crippen LogP contribution in [0.2, 0.25) is 0 Å². The minimum atomic E-state index is 0.388. The predicted octanol–water partition coefficient (Wildman–Crippen LogP) is 3.37. The first-order chi connectivity index (χ1) is 7.46. The average Bonchev–Trinajstić information content (AvgIpc) is 2.90. The molecule has 0 aromatic carbocycles. The van der Waals surface area contributed by atoms with Crippen molar-refractivity contribution in [1.29, 1.82) is 0 Å². The van der Waals surface area contributed by atoms with E-state index >= 15 is 0 Å². The van der Waals surface area contributed by atoms with Gasteiger partial charge in [0.25, 0.3) is 0 Å². The molecule has 0 radical (unpaired) electrons. The minimum absolute atomic E-state index is 0.388. The number of hydrogen-bond acceptors (Lipinski definition) is 2. The van der Waals surface area contributed by atoms with Gasteiger partial charge in [-0.1, -0.05) is 20.8 Å². The molecule has 0 amide bonds. The lowest BCUT2D eigenvalue weighted by Crippen LogP contribution is -2.15. The van der Waals surface area contributed by atoms with Crippen LogP contribution in [0.4, 0.5) is 5.95 Å². The molecule has 90 valence electrons. The van der Waals surface area contributed by atoms with Gasteiger partial charge in [0.15, 0.2) is 0 Å². The molecule has 0 unspecified atom stereocenters. The van der Waals surface area contributed by atoms with Gasteiger partial charge in [-0.2, -0.15) is 0 Å². The van der Waals surface area contributed by atoms with Crippen LogP contribution in [0.5, 0.6) is 0 Å². The Balaban J connectivity index is 1.93. The lowest BCUT2D eigenvalue weighted by atomic mass is 9.92. The smallest absolute Gasteiger partial charge is 0.203 e. The molecule has 1 saturated carbocycles. The second kappa shape index (κ2) is 4.11. The van der Waals surface area contributed by atoms with Crippen molar-refractivity contribution in [2.24, 2.45) is 5.41 Å². The summed E-state index contributed by atoms with van der Waals surface area (Å²) in [7, 11) is 0. The maximum Gasteiger partial charge on any atom is 0.203 e. The van der Waals surface area contributed by atoms with Crippen molar-refractivity contribution in [3.8, 4) is 0 Å². The number of aryl methyl sites for hydroxylation is 1. The van der Waals surface area contributed by atoms with E-state index in [1.54, 1.807) is 0 Å². The molecule has 0 bridgehead atoms. The Kier molecular flexibility index (Phi) is 2.96. The summed E-state index contributed by atoms with van der Waals surface area (Å²) in [6.07, 6.45) is 5.95. The van der Waals surface area contributed by atoms with Crippen LogP contribution in [0.15, 0.2) is 6.20 Å². The number of nitrogens with one attached hydrogen (secondary N) is 1. The van der Waals surface area contributed by atoms with Crippen LogP contribution in [-0.4, -0.2) is 16.1 Å². The molecule has 0 atom stereocenters. The predicted molar refractivity (Wildman–Crippen MR) is 67.8 cm³/mol. The molecular formula is C13H23N3. The third-order valence-electron chi connectivity index (χ3n) is 2.95. The summed E-state index contributed by atoms with van der Waals surface area (Å²) in [6, 6.07) is 0.707. The molecule has 3 nitrogen and oxygen atoms in total. The molecule has 0 aliphatic heterocycles. The van der Waals surface area contributed by atoms with Gasteiger partial charge in [-0.05, 0) is 31.6 Å². The molecule has 1 aliphatic rings. The molecule has 16 heavy (non-hydrogen) atoms. The van der Waals surface area contributed by atoms with E-state index in [0.717, 1.165) is 18.2 Å². The summed E-state index contributed by atoms with van der Waals surface area (Å²) in [6.45, 7) is 9.88. The number of imidazole rings is 1. The fourth-order valence-electron chi connectivity index (χ4n) is 1.83. The van der Waals surface area contributed by atoms with E-state index in [4.69, 9.17) is 0 Å². The summed E-state index contributed by atoms with van der Waals surface area (Å²) in [5.74, 6) is 1.06. The number of rotatable bonds is 4. The average molecular weight is 221 g/mol. The Morgan fingerprint density at radius 1 is 1.44 bits per heavy atom. The lowest BCUT2D eigenvalue weighted by molar-refractivity contribution is 0.389. The van der Waals surface area contributed by atoms with Gasteiger partial charge in [-0.3, -0.25) is 0 Å². The highest BCUT2D eigenvalue weighted by Gasteiger charge is 2.26. The lowest BCUT2D eigenvalue weighted by Gasteiger charge is -2.18. The first kappa shape index (κ1) is 11.5. The van der Waals surface area contributed by atoms with Gasteiger partial charge in [-0.15, -0.1) is 0 Å². The maximum atomic E-state index is 4.54. The van der Waals surface area contributed by atoms with E-state index < -0.39 is 0 Å². The zero-order valence-corrected chi connectivity index (χ0v) is 10.9. The molecule has 3 heteroatoms. The Hall–Kier alpha value is -0.990. The van der Waals surface area contributed by atoms with Crippen molar-refractivity contribution in [2.75, 3.05) is 11.9 Å². The zero-order chi connectivity index (χ0) is 11.8. The van der Waals surface area contributed by atoms with Gasteiger partial charge >= 0.3 is 0 Å². The minimum Gasteiger partial charge on any atom is -0.356 e. The van der Waals surface area contributed by atoms with Gasteiger partial charge in [0.1, 0.15) is 0 Å². The molecule has 0 spiro atoms. The number of aromatic nitrogens is 2. The second-order valence-corrected chi connectivity index (χ2v) is 6.08. The van der Waals surface area contributed by atoms with E-state index in [1.165, 1.54) is 19.3 Å². The van der Waals surface area contributed by atoms with Crippen LogP contribution in [0.1, 0.15) is 51.8 Å². The van der Waals surface area contributed by atoms with Gasteiger partial charge in [0.2, 0.25) is 5.95 Å². The van der Waals surface area contributed by atoms with Crippen molar-refractivity contribution in [2.45, 2.75) is 53.0 Å². The van der Waals surface area contributed by atoms with Crippen molar-refractivity contribution in [1.82, 2.24) is 9.55 Å². The molecular weight excluding hydrogens is 198 g/mol. The van der Waals surface area contributed by atoms with E-state index in [-0.39, 0.29) is 0 Å². The number of hydrogen-bond donors (Lipinski definition) is 1. The van der Waals surface area contributed by atoms with E-state index in [2.05, 4.69) is 48.8 Å². The molecule has 2 rings (SSSR count). The zero-order valence-electron chi connectivity index (χ0n) is 10.9. The van der Waals surface area contributed by atoms with Crippen molar-refractivity contribution >= 4 is 5.95 Å². The SMILES string of the molecule is Cc1cn(C2CC2)c(NCCC(C)(C)C)n1. The molecule has 1 aliphatic carbocycles. The quantitative estimate of drug-likeness (QED) is 0.844. The van der Waals surface area contributed by atoms with Crippen molar-refractivity contribution in [3.63, 3.8) is 0 Å². The highest BCUT2D eigenvalue weighted by atomic mass is 15.2. The van der Waals surface area contributed by atoms with Gasteiger partial charge in [-0.25, -0.2) is 4.98 Å². The molecule has 1 aromatic heterocycles. The van der Waals surface area contributed by atoms with Gasteiger partial charge < -0.3 is 9.88 Å². The van der Waals surface area contributed by atoms with Crippen LogP contribution in [0, 0.1) is 12.3 Å². The van der Waals surface area contributed by atoms with E-state index in [9.17, 15) is 0 Å². The summed E-state index contributed by atoms with van der Waals surface area (Å²) in [5.41, 5.74) is 1.50. The third-order valence-corrected chi connectivity index (χ3v) is 2.95. The summed E-state index contributed by atoms with van der Waals surface area (Å²) < 4.78 is 2.30. The normalized spacial score (nSPS) is 16.5. The Labute approximate surface area is 98.3 Å². The van der Waals surface area contributed by atoms with Gasteiger partial charge in [0, 0.05) is 18.8 Å². The summed E-state index contributed by atoms with van der Waals surface area (Å²) >= 11 is 0. The molecule has 1 heterocycles. The number of nitrogens with zero attached hydrogens (tertiary/aromatic N) is 2. The Morgan fingerprint density at radius 2 is 2.12 bits per heavy atom. The highest BCUT2D eigenvalue weighted by molar-refractivity contribution is 5.30. The fourth-order valence-corrected chi connectivity index (χ4v) is 1.83. The molecule has 0 saturated heterocycles. The summed E-state index contributed by atoms with van der Waals surface area (Å²) in [4.78, 5) is 4.54.